The van der Waals surface area contributed by atoms with Crippen LogP contribution < -0.4 is 0 Å². The highest BCUT2D eigenvalue weighted by Gasteiger charge is 2.30. The van der Waals surface area contributed by atoms with Crippen molar-refractivity contribution >= 4 is 11.6 Å². The zero-order valence-electron chi connectivity index (χ0n) is 9.04. The van der Waals surface area contributed by atoms with Crippen LogP contribution in [0.25, 0.3) is 0 Å². The fourth-order valence-corrected chi connectivity index (χ4v) is 2.06. The molecule has 1 N–H and O–H groups in total. The predicted molar refractivity (Wildman–Crippen MR) is 60.0 cm³/mol. The topological polar surface area (TPSA) is 38.0 Å². The minimum Gasteiger partial charge on any atom is -0.391 e. The van der Waals surface area contributed by atoms with Gasteiger partial charge < -0.3 is 5.11 Å². The van der Waals surface area contributed by atoms with Gasteiger partial charge >= 0.3 is 0 Å². The van der Waals surface area contributed by atoms with Gasteiger partial charge in [0, 0.05) is 18.0 Å². The van der Waals surface area contributed by atoms with Crippen molar-refractivity contribution in [1.29, 1.82) is 0 Å². The zero-order chi connectivity index (χ0) is 10.8. The maximum absolute atomic E-state index is 9.28. The Morgan fingerprint density at radius 1 is 1.53 bits per heavy atom. The minimum atomic E-state index is 0.0107. The van der Waals surface area contributed by atoms with E-state index in [4.69, 9.17) is 11.6 Å². The highest BCUT2D eigenvalue weighted by atomic mass is 35.5. The molecule has 84 valence electrons. The molecular weight excluding hydrogens is 212 g/mol. The Morgan fingerprint density at radius 2 is 2.27 bits per heavy atom. The van der Waals surface area contributed by atoms with Gasteiger partial charge in [0.25, 0.3) is 0 Å². The summed E-state index contributed by atoms with van der Waals surface area (Å²) in [5.41, 5.74) is 1.87. The molecule has 0 bridgehead atoms. The highest BCUT2D eigenvalue weighted by Crippen LogP contribution is 2.42. The molecule has 1 aromatic rings. The van der Waals surface area contributed by atoms with Crippen LogP contribution in [0.3, 0.4) is 0 Å². The average Bonchev–Trinajstić information content (AvgIpc) is 3.02. The van der Waals surface area contributed by atoms with Gasteiger partial charge in [-0.1, -0.05) is 24.9 Å². The van der Waals surface area contributed by atoms with Gasteiger partial charge in [0.15, 0.2) is 0 Å². The fourth-order valence-electron chi connectivity index (χ4n) is 1.78. The van der Waals surface area contributed by atoms with Crippen LogP contribution in [0.15, 0.2) is 0 Å². The Kier molecular flexibility index (Phi) is 3.32. The van der Waals surface area contributed by atoms with Gasteiger partial charge in [-0.3, -0.25) is 4.68 Å². The first-order chi connectivity index (χ1) is 7.27. The molecule has 0 unspecified atom stereocenters. The normalized spacial score (nSPS) is 15.9. The Balaban J connectivity index is 2.23. The van der Waals surface area contributed by atoms with Crippen molar-refractivity contribution < 1.29 is 5.11 Å². The van der Waals surface area contributed by atoms with Crippen LogP contribution in [-0.4, -0.2) is 14.9 Å². The first kappa shape index (κ1) is 11.0. The number of aromatic nitrogens is 2. The maximum Gasteiger partial charge on any atom is 0.132 e. The molecule has 0 saturated heterocycles. The van der Waals surface area contributed by atoms with E-state index in [1.165, 1.54) is 12.8 Å². The van der Waals surface area contributed by atoms with Gasteiger partial charge in [-0.25, -0.2) is 0 Å². The number of rotatable bonds is 5. The molecule has 1 saturated carbocycles. The van der Waals surface area contributed by atoms with E-state index in [1.807, 2.05) is 4.68 Å². The Hall–Kier alpha value is -0.540. The standard InChI is InChI=1S/C11H17ClN2O/c1-2-3-6-14-11(12)9(7-15)10(13-14)8-4-5-8/h8,15H,2-7H2,1H3. The van der Waals surface area contributed by atoms with Crippen molar-refractivity contribution in [2.75, 3.05) is 0 Å². The molecule has 1 aromatic heterocycles. The fraction of sp³-hybridized carbons (Fsp3) is 0.727. The van der Waals surface area contributed by atoms with E-state index in [0.29, 0.717) is 11.1 Å². The second kappa shape index (κ2) is 4.54. The van der Waals surface area contributed by atoms with E-state index in [2.05, 4.69) is 12.0 Å². The summed E-state index contributed by atoms with van der Waals surface area (Å²) < 4.78 is 1.84. The number of aliphatic hydroxyl groups excluding tert-OH is 1. The first-order valence-electron chi connectivity index (χ1n) is 5.63. The van der Waals surface area contributed by atoms with Gasteiger partial charge in [-0.2, -0.15) is 5.10 Å². The highest BCUT2D eigenvalue weighted by molar-refractivity contribution is 6.30. The van der Waals surface area contributed by atoms with Gasteiger partial charge in [0.2, 0.25) is 0 Å². The molecule has 0 aromatic carbocycles. The summed E-state index contributed by atoms with van der Waals surface area (Å²) in [5, 5.41) is 14.4. The second-order valence-corrected chi connectivity index (χ2v) is 4.52. The summed E-state index contributed by atoms with van der Waals surface area (Å²) in [6, 6.07) is 0. The van der Waals surface area contributed by atoms with Crippen LogP contribution in [0, 0.1) is 0 Å². The van der Waals surface area contributed by atoms with E-state index in [-0.39, 0.29) is 6.61 Å². The number of aryl methyl sites for hydroxylation is 1. The molecule has 1 fully saturated rings. The van der Waals surface area contributed by atoms with E-state index in [0.717, 1.165) is 30.6 Å². The number of halogens is 1. The lowest BCUT2D eigenvalue weighted by atomic mass is 10.2. The van der Waals surface area contributed by atoms with Crippen molar-refractivity contribution in [3.8, 4) is 0 Å². The quantitative estimate of drug-likeness (QED) is 0.842. The van der Waals surface area contributed by atoms with Gasteiger partial charge in [-0.05, 0) is 19.3 Å². The van der Waals surface area contributed by atoms with Crippen molar-refractivity contribution in [3.05, 3.63) is 16.4 Å². The lowest BCUT2D eigenvalue weighted by Gasteiger charge is -2.00. The van der Waals surface area contributed by atoms with Crippen molar-refractivity contribution in [1.82, 2.24) is 9.78 Å². The molecule has 0 aliphatic heterocycles. The number of hydrogen-bond donors (Lipinski definition) is 1. The maximum atomic E-state index is 9.28. The van der Waals surface area contributed by atoms with Crippen LogP contribution in [0.2, 0.25) is 5.15 Å². The molecule has 3 nitrogen and oxygen atoms in total. The Bertz CT molecular complexity index is 345. The smallest absolute Gasteiger partial charge is 0.132 e. The van der Waals surface area contributed by atoms with E-state index in [1.54, 1.807) is 0 Å². The largest absolute Gasteiger partial charge is 0.391 e. The molecule has 0 atom stereocenters. The molecular formula is C11H17ClN2O. The van der Waals surface area contributed by atoms with Gasteiger partial charge in [0.05, 0.1) is 12.3 Å². The minimum absolute atomic E-state index is 0.0107. The number of hydrogen-bond acceptors (Lipinski definition) is 2. The van der Waals surface area contributed by atoms with Crippen LogP contribution in [0.1, 0.15) is 49.8 Å². The third kappa shape index (κ3) is 2.18. The molecule has 0 radical (unpaired) electrons. The number of unbranched alkanes of at least 4 members (excludes halogenated alkanes) is 1. The molecule has 0 amide bonds. The van der Waals surface area contributed by atoms with E-state index < -0.39 is 0 Å². The van der Waals surface area contributed by atoms with E-state index in [9.17, 15) is 5.11 Å². The summed E-state index contributed by atoms with van der Waals surface area (Å²) in [7, 11) is 0. The molecule has 1 aliphatic carbocycles. The number of nitrogens with zero attached hydrogens (tertiary/aromatic N) is 2. The average molecular weight is 229 g/mol. The van der Waals surface area contributed by atoms with Gasteiger partial charge in [0.1, 0.15) is 5.15 Å². The molecule has 1 heterocycles. The monoisotopic (exact) mass is 228 g/mol. The predicted octanol–water partition coefficient (Wildman–Crippen LogP) is 2.71. The van der Waals surface area contributed by atoms with Crippen molar-refractivity contribution in [3.63, 3.8) is 0 Å². The SMILES string of the molecule is CCCCn1nc(C2CC2)c(CO)c1Cl. The summed E-state index contributed by atoms with van der Waals surface area (Å²) in [6.07, 6.45) is 4.59. The summed E-state index contributed by atoms with van der Waals surface area (Å²) in [5.74, 6) is 0.549. The molecule has 2 rings (SSSR count). The zero-order valence-corrected chi connectivity index (χ0v) is 9.80. The second-order valence-electron chi connectivity index (χ2n) is 4.16. The molecule has 4 heteroatoms. The van der Waals surface area contributed by atoms with Crippen LogP contribution >= 0.6 is 11.6 Å². The summed E-state index contributed by atoms with van der Waals surface area (Å²) >= 11 is 6.18. The van der Waals surface area contributed by atoms with Crippen LogP contribution in [-0.2, 0) is 13.2 Å². The third-order valence-corrected chi connectivity index (χ3v) is 3.28. The molecule has 0 spiro atoms. The Labute approximate surface area is 95.0 Å². The molecule has 1 aliphatic rings. The van der Waals surface area contributed by atoms with Crippen molar-refractivity contribution in [2.45, 2.75) is 51.7 Å². The van der Waals surface area contributed by atoms with E-state index >= 15 is 0 Å². The Morgan fingerprint density at radius 3 is 2.80 bits per heavy atom. The van der Waals surface area contributed by atoms with Crippen molar-refractivity contribution in [2.24, 2.45) is 0 Å². The van der Waals surface area contributed by atoms with Crippen LogP contribution in [0.5, 0.6) is 0 Å². The lowest BCUT2D eigenvalue weighted by Crippen LogP contribution is -2.00. The first-order valence-corrected chi connectivity index (χ1v) is 6.01. The number of aliphatic hydroxyl groups is 1. The lowest BCUT2D eigenvalue weighted by molar-refractivity contribution is 0.280. The van der Waals surface area contributed by atoms with Crippen LogP contribution in [0.4, 0.5) is 0 Å². The molecule has 15 heavy (non-hydrogen) atoms. The summed E-state index contributed by atoms with van der Waals surface area (Å²) in [4.78, 5) is 0. The summed E-state index contributed by atoms with van der Waals surface area (Å²) in [6.45, 7) is 3.01. The van der Waals surface area contributed by atoms with Gasteiger partial charge in [-0.15, -0.1) is 0 Å². The third-order valence-electron chi connectivity index (χ3n) is 2.86.